The highest BCUT2D eigenvalue weighted by Crippen LogP contribution is 2.53. The Balaban J connectivity index is 1.33. The summed E-state index contributed by atoms with van der Waals surface area (Å²) in [7, 11) is -4.48. The fourth-order valence-electron chi connectivity index (χ4n) is 8.46. The van der Waals surface area contributed by atoms with E-state index in [2.05, 4.69) is 45.0 Å². The third-order valence-corrected chi connectivity index (χ3v) is 15.7. The van der Waals surface area contributed by atoms with Crippen molar-refractivity contribution in [2.45, 2.75) is 44.8 Å². The standard InChI is InChI=1S/C39H39BN2O8Si/c1-39(2,3)51(28-15-6-4-7-16-28,29-17-8-5-9-18-29)49-24-25-21-32-35(38(45)41(37(32)44)26-13-12-14-27(22-26)42(47)48)31-23-34(50-40(46)36(25)31)30-19-10-11-20-33(30)43/h4-20,22,31-32,34-35,43,46H,21,23-24H2,1-3H3/t31-,32-,34-,35+/m0/s1. The third-order valence-electron chi connectivity index (χ3n) is 10.7. The SMILES string of the molecule is CC(C)(C)[Si](OCC1=C2B(O)O[C@H](c3ccccc3O)C[C@H]2[C@H]2C(=O)N(c3cccc([N+](=O)[O-])c3)C(=O)[C@H]2C1)(c1ccccc1)c1ccccc1. The number of non-ortho nitro benzene ring substituents is 1. The molecule has 0 saturated carbocycles. The van der Waals surface area contributed by atoms with Crippen molar-refractivity contribution in [3.8, 4) is 5.75 Å². The number of anilines is 1. The van der Waals surface area contributed by atoms with E-state index in [-0.39, 0.29) is 41.6 Å². The Hall–Kier alpha value is -4.88. The zero-order chi connectivity index (χ0) is 36.1. The van der Waals surface area contributed by atoms with Crippen molar-refractivity contribution in [3.63, 3.8) is 0 Å². The number of rotatable bonds is 8. The Bertz CT molecular complexity index is 1980. The van der Waals surface area contributed by atoms with E-state index in [1.54, 1.807) is 18.2 Å². The number of carbonyl (C=O) groups is 2. The highest BCUT2D eigenvalue weighted by atomic mass is 28.4. The first kappa shape index (κ1) is 34.6. The fraction of sp³-hybridized carbons (Fsp3) is 0.282. The van der Waals surface area contributed by atoms with Crippen LogP contribution in [0.25, 0.3) is 0 Å². The maximum atomic E-state index is 14.3. The van der Waals surface area contributed by atoms with Crippen LogP contribution in [0, 0.1) is 27.9 Å². The molecule has 12 heteroatoms. The zero-order valence-electron chi connectivity index (χ0n) is 28.6. The number of phenols is 1. The van der Waals surface area contributed by atoms with Crippen molar-refractivity contribution in [1.29, 1.82) is 0 Å². The molecule has 0 radical (unpaired) electrons. The number of hydrogen-bond acceptors (Lipinski definition) is 8. The van der Waals surface area contributed by atoms with Gasteiger partial charge in [-0.2, -0.15) is 0 Å². The number of hydrogen-bond donors (Lipinski definition) is 2. The highest BCUT2D eigenvalue weighted by Gasteiger charge is 2.59. The molecule has 2 N–H and O–H groups in total. The van der Waals surface area contributed by atoms with Crippen LogP contribution in [-0.2, 0) is 18.7 Å². The number of phenolic OH excluding ortho intramolecular Hbond substituents is 1. The molecule has 7 rings (SSSR count). The van der Waals surface area contributed by atoms with Crippen molar-refractivity contribution in [2.75, 3.05) is 11.5 Å². The Kier molecular flexibility index (Phi) is 9.05. The number of nitro benzene ring substituents is 1. The summed E-state index contributed by atoms with van der Waals surface area (Å²) >= 11 is 0. The van der Waals surface area contributed by atoms with Crippen molar-refractivity contribution in [3.05, 3.63) is 136 Å². The summed E-state index contributed by atoms with van der Waals surface area (Å²) in [5.41, 5.74) is 1.57. The lowest BCUT2D eigenvalue weighted by atomic mass is 9.55. The summed E-state index contributed by atoms with van der Waals surface area (Å²) < 4.78 is 13.5. The van der Waals surface area contributed by atoms with Gasteiger partial charge in [0, 0.05) is 17.7 Å². The maximum absolute atomic E-state index is 14.3. The third kappa shape index (κ3) is 5.91. The van der Waals surface area contributed by atoms with Gasteiger partial charge in [0.1, 0.15) is 5.75 Å². The van der Waals surface area contributed by atoms with E-state index in [0.717, 1.165) is 15.3 Å². The van der Waals surface area contributed by atoms with Crippen LogP contribution in [0.5, 0.6) is 5.75 Å². The second-order valence-electron chi connectivity index (χ2n) is 14.5. The largest absolute Gasteiger partial charge is 0.508 e. The maximum Gasteiger partial charge on any atom is 0.487 e. The molecule has 4 atom stereocenters. The van der Waals surface area contributed by atoms with Gasteiger partial charge in [0.25, 0.3) is 14.0 Å². The van der Waals surface area contributed by atoms with Gasteiger partial charge in [-0.1, -0.05) is 106 Å². The van der Waals surface area contributed by atoms with Crippen LogP contribution < -0.4 is 15.3 Å². The smallest absolute Gasteiger partial charge is 0.487 e. The van der Waals surface area contributed by atoms with E-state index in [4.69, 9.17) is 9.08 Å². The topological polar surface area (TPSA) is 139 Å². The molecule has 2 aliphatic heterocycles. The van der Waals surface area contributed by atoms with Crippen molar-refractivity contribution in [2.24, 2.45) is 17.8 Å². The summed E-state index contributed by atoms with van der Waals surface area (Å²) in [6, 6.07) is 32.5. The Labute approximate surface area is 297 Å². The van der Waals surface area contributed by atoms with Gasteiger partial charge in [-0.15, -0.1) is 0 Å². The Morgan fingerprint density at radius 1 is 0.902 bits per heavy atom. The average Bonchev–Trinajstić information content (AvgIpc) is 3.37. The molecule has 4 aromatic rings. The molecule has 0 bridgehead atoms. The number of amides is 2. The second-order valence-corrected chi connectivity index (χ2v) is 18.8. The van der Waals surface area contributed by atoms with Crippen LogP contribution in [0.1, 0.15) is 45.3 Å². The molecule has 3 aliphatic rings. The molecule has 2 amide bonds. The van der Waals surface area contributed by atoms with Crippen molar-refractivity contribution >= 4 is 49.0 Å². The lowest BCUT2D eigenvalue weighted by molar-refractivity contribution is -0.384. The highest BCUT2D eigenvalue weighted by molar-refractivity contribution is 6.99. The lowest BCUT2D eigenvalue weighted by Gasteiger charge is -2.45. The average molecular weight is 703 g/mol. The zero-order valence-corrected chi connectivity index (χ0v) is 29.6. The molecule has 10 nitrogen and oxygen atoms in total. The van der Waals surface area contributed by atoms with Gasteiger partial charge in [-0.3, -0.25) is 19.7 Å². The number of carbonyl (C=O) groups excluding carboxylic acids is 2. The molecule has 2 fully saturated rings. The molecular formula is C39H39BN2O8Si. The van der Waals surface area contributed by atoms with E-state index in [0.29, 0.717) is 16.6 Å². The van der Waals surface area contributed by atoms with Crippen LogP contribution in [0.4, 0.5) is 11.4 Å². The number of allylic oxidation sites excluding steroid dienone is 1. The molecule has 260 valence electrons. The number of nitrogens with zero attached hydrogens (tertiary/aromatic N) is 2. The summed E-state index contributed by atoms with van der Waals surface area (Å²) in [6.45, 7) is 6.59. The second kappa shape index (κ2) is 13.3. The summed E-state index contributed by atoms with van der Waals surface area (Å²) in [5, 5.41) is 35.9. The van der Waals surface area contributed by atoms with E-state index in [9.17, 15) is 29.8 Å². The van der Waals surface area contributed by atoms with Gasteiger partial charge in [-0.05, 0) is 57.3 Å². The molecular weight excluding hydrogens is 663 g/mol. The molecule has 0 unspecified atom stereocenters. The summed E-state index contributed by atoms with van der Waals surface area (Å²) in [6.07, 6.45) is -0.399. The molecule has 0 aromatic heterocycles. The molecule has 1 aliphatic carbocycles. The Morgan fingerprint density at radius 3 is 2.14 bits per heavy atom. The molecule has 0 spiro atoms. The number of benzene rings is 4. The van der Waals surface area contributed by atoms with Crippen molar-refractivity contribution < 1.29 is 33.7 Å². The van der Waals surface area contributed by atoms with Crippen LogP contribution in [-0.4, -0.2) is 48.9 Å². The van der Waals surface area contributed by atoms with Crippen LogP contribution in [0.15, 0.2) is 120 Å². The minimum Gasteiger partial charge on any atom is -0.508 e. The van der Waals surface area contributed by atoms with Gasteiger partial charge in [0.05, 0.1) is 35.2 Å². The summed E-state index contributed by atoms with van der Waals surface area (Å²) in [5.74, 6) is -3.21. The van der Waals surface area contributed by atoms with Gasteiger partial charge >= 0.3 is 7.12 Å². The normalized spacial score (nSPS) is 22.2. The van der Waals surface area contributed by atoms with E-state index < -0.39 is 56.0 Å². The first-order valence-corrected chi connectivity index (χ1v) is 19.0. The minimum atomic E-state index is -3.05. The van der Waals surface area contributed by atoms with Gasteiger partial charge < -0.3 is 19.2 Å². The van der Waals surface area contributed by atoms with Crippen LogP contribution in [0.3, 0.4) is 0 Å². The predicted molar refractivity (Wildman–Crippen MR) is 196 cm³/mol. The number of imide groups is 1. The molecule has 4 aromatic carbocycles. The first-order chi connectivity index (χ1) is 24.4. The number of nitro groups is 1. The molecule has 51 heavy (non-hydrogen) atoms. The predicted octanol–water partition coefficient (Wildman–Crippen LogP) is 5.48. The van der Waals surface area contributed by atoms with E-state index >= 15 is 0 Å². The van der Waals surface area contributed by atoms with Crippen molar-refractivity contribution in [1.82, 2.24) is 0 Å². The van der Waals surface area contributed by atoms with E-state index in [1.165, 1.54) is 30.3 Å². The lowest BCUT2D eigenvalue weighted by Crippen LogP contribution is -2.66. The number of para-hydroxylation sites is 1. The molecule has 2 saturated heterocycles. The quantitative estimate of drug-likeness (QED) is 0.107. The fourth-order valence-corrected chi connectivity index (χ4v) is 13.0. The molecule has 2 heterocycles. The van der Waals surface area contributed by atoms with E-state index in [1.807, 2.05) is 36.4 Å². The minimum absolute atomic E-state index is 0.00299. The first-order valence-electron chi connectivity index (χ1n) is 17.1. The van der Waals surface area contributed by atoms with Crippen LogP contribution in [0.2, 0.25) is 5.04 Å². The summed E-state index contributed by atoms with van der Waals surface area (Å²) in [4.78, 5) is 40.7. The van der Waals surface area contributed by atoms with Crippen LogP contribution >= 0.6 is 0 Å². The van der Waals surface area contributed by atoms with Gasteiger partial charge in [0.2, 0.25) is 11.8 Å². The van der Waals surface area contributed by atoms with Gasteiger partial charge in [0.15, 0.2) is 0 Å². The van der Waals surface area contributed by atoms with Gasteiger partial charge in [-0.25, -0.2) is 4.90 Å². The number of aromatic hydroxyl groups is 1. The number of fused-ring (bicyclic) bond motifs is 3. The Morgan fingerprint density at radius 2 is 1.53 bits per heavy atom. The monoisotopic (exact) mass is 702 g/mol.